The van der Waals surface area contributed by atoms with Crippen molar-refractivity contribution in [1.82, 2.24) is 0 Å². The summed E-state index contributed by atoms with van der Waals surface area (Å²) in [5.74, 6) is -4.01. The molecule has 0 saturated heterocycles. The van der Waals surface area contributed by atoms with Crippen LogP contribution in [0.2, 0.25) is 0 Å². The average molecular weight is 699 g/mol. The van der Waals surface area contributed by atoms with E-state index in [9.17, 15) is 27.2 Å². The number of hydrogen-bond acceptors (Lipinski definition) is 2. The molecule has 2 aliphatic rings. The average Bonchev–Trinajstić information content (AvgIpc) is 3.88. The Morgan fingerprint density at radius 2 is 0.959 bits per heavy atom. The summed E-state index contributed by atoms with van der Waals surface area (Å²) in [7, 11) is 0. The number of rotatable bonds is 8. The molecule has 0 heterocycles. The van der Waals surface area contributed by atoms with E-state index in [-0.39, 0.29) is 57.7 Å². The molecule has 0 radical (unpaired) electrons. The van der Waals surface area contributed by atoms with Crippen molar-refractivity contribution in [3.8, 4) is 0 Å². The number of carbonyl (C=O) groups excluding carboxylic acids is 2. The summed E-state index contributed by atoms with van der Waals surface area (Å²) in [6.07, 6.45) is 21.6. The Balaban J connectivity index is 0.000000260. The van der Waals surface area contributed by atoms with Crippen LogP contribution in [-0.4, -0.2) is 11.8 Å². The maximum Gasteiger partial charge on any atom is 4.00 e. The zero-order chi connectivity index (χ0) is 34.4. The van der Waals surface area contributed by atoms with Crippen LogP contribution in [0, 0.1) is 47.6 Å². The summed E-state index contributed by atoms with van der Waals surface area (Å²) in [6, 6.07) is 27.2. The minimum atomic E-state index is -0.895. The minimum Gasteiger partial charge on any atom is -0.377 e. The Kier molecular flexibility index (Phi) is 19.4. The van der Waals surface area contributed by atoms with Crippen LogP contribution >= 0.6 is 0 Å². The molecule has 9 heteroatoms. The summed E-state index contributed by atoms with van der Waals surface area (Å²) in [4.78, 5) is 23.3. The van der Waals surface area contributed by atoms with Gasteiger partial charge >= 0.3 is 21.7 Å². The Morgan fingerprint density at radius 1 is 0.571 bits per heavy atom. The predicted molar refractivity (Wildman–Crippen MR) is 180 cm³/mol. The van der Waals surface area contributed by atoms with Gasteiger partial charge in [-0.1, -0.05) is 60.7 Å². The zero-order valence-electron chi connectivity index (χ0n) is 26.6. The summed E-state index contributed by atoms with van der Waals surface area (Å²) in [5, 5.41) is 4.79. The van der Waals surface area contributed by atoms with Gasteiger partial charge in [-0.25, -0.2) is 41.9 Å². The molecule has 248 valence electrons. The number of allylic oxidation sites excluding steroid dienone is 8. The maximum atomic E-state index is 13.3. The van der Waals surface area contributed by atoms with E-state index in [0.29, 0.717) is 12.8 Å². The number of anilines is 2. The summed E-state index contributed by atoms with van der Waals surface area (Å²) < 4.78 is 51.8. The van der Waals surface area contributed by atoms with Crippen molar-refractivity contribution in [3.63, 3.8) is 0 Å². The molecule has 49 heavy (non-hydrogen) atoms. The van der Waals surface area contributed by atoms with Crippen LogP contribution in [0.3, 0.4) is 0 Å². The molecule has 2 aliphatic carbocycles. The predicted octanol–water partition coefficient (Wildman–Crippen LogP) is 9.28. The summed E-state index contributed by atoms with van der Waals surface area (Å²) >= 11 is 0. The van der Waals surface area contributed by atoms with Crippen molar-refractivity contribution in [2.75, 3.05) is 10.6 Å². The van der Waals surface area contributed by atoms with Gasteiger partial charge in [-0.2, -0.15) is 12.2 Å². The Morgan fingerprint density at radius 3 is 1.24 bits per heavy atom. The molecular weight excluding hydrogens is 664 g/mol. The molecular formula is C40H34F4N2O2Ti. The van der Waals surface area contributed by atoms with E-state index < -0.39 is 23.3 Å². The molecule has 4 aromatic rings. The van der Waals surface area contributed by atoms with Crippen LogP contribution in [0.15, 0.2) is 121 Å². The first-order valence-corrected chi connectivity index (χ1v) is 15.2. The molecule has 0 atom stereocenters. The van der Waals surface area contributed by atoms with E-state index in [1.165, 1.54) is 12.1 Å². The molecule has 0 saturated carbocycles. The molecule has 0 spiro atoms. The third-order valence-electron chi connectivity index (χ3n) is 6.41. The quantitative estimate of drug-likeness (QED) is 0.110. The molecule has 0 bridgehead atoms. The van der Waals surface area contributed by atoms with Crippen LogP contribution < -0.4 is 10.6 Å². The first-order chi connectivity index (χ1) is 23.3. The fourth-order valence-electron chi connectivity index (χ4n) is 3.99. The van der Waals surface area contributed by atoms with E-state index in [2.05, 4.69) is 34.9 Å². The smallest absolute Gasteiger partial charge is 0.377 e. The van der Waals surface area contributed by atoms with Gasteiger partial charge in [0, 0.05) is 36.1 Å². The van der Waals surface area contributed by atoms with E-state index in [4.69, 9.17) is 0 Å². The van der Waals surface area contributed by atoms with Crippen molar-refractivity contribution in [1.29, 1.82) is 0 Å². The van der Waals surface area contributed by atoms with E-state index >= 15 is 0 Å². The van der Waals surface area contributed by atoms with Gasteiger partial charge in [-0.3, -0.25) is 21.7 Å². The number of amides is 2. The number of aryl methyl sites for hydroxylation is 2. The van der Waals surface area contributed by atoms with E-state index in [1.807, 2.05) is 97.1 Å². The normalized spacial score (nSPS) is 11.5. The Labute approximate surface area is 300 Å². The van der Waals surface area contributed by atoms with Crippen LogP contribution in [-0.2, 0) is 44.1 Å². The van der Waals surface area contributed by atoms with Gasteiger partial charge in [0.2, 0.25) is 11.8 Å². The van der Waals surface area contributed by atoms with Gasteiger partial charge in [-0.15, -0.1) is 49.2 Å². The molecule has 2 amide bonds. The molecule has 0 unspecified atom stereocenters. The minimum absolute atomic E-state index is 0. The van der Waals surface area contributed by atoms with Crippen molar-refractivity contribution in [3.05, 3.63) is 180 Å². The third-order valence-corrected chi connectivity index (χ3v) is 6.41. The first kappa shape index (κ1) is 40.4. The van der Waals surface area contributed by atoms with E-state index in [0.717, 1.165) is 36.1 Å². The monoisotopic (exact) mass is 698 g/mol. The Hall–Kier alpha value is -4.79. The van der Waals surface area contributed by atoms with E-state index in [1.54, 1.807) is 0 Å². The zero-order valence-corrected chi connectivity index (χ0v) is 28.2. The fraction of sp³-hybridized carbons (Fsp3) is 0.150. The molecule has 4 nitrogen and oxygen atoms in total. The van der Waals surface area contributed by atoms with Crippen LogP contribution in [0.25, 0.3) is 0 Å². The maximum absolute atomic E-state index is 13.3. The number of halogens is 4. The number of hydrogen-bond donors (Lipinski definition) is 2. The van der Waals surface area contributed by atoms with Gasteiger partial charge in [-0.05, 0) is 35.3 Å². The van der Waals surface area contributed by atoms with Gasteiger partial charge in [0.25, 0.3) is 0 Å². The standard InChI is InChI=1S/2C15H12F2NO.2C5H5.Ti/c2*16-12-7-8-14(13(17)10-12)18-15(19)9-6-11-4-2-1-3-5-11;2*1-2-4-5-3-1;/h2*1-5,7-8H,6,9H2,(H,18,19);2*1-3H,4H2;/q4*-1;+4. The van der Waals surface area contributed by atoms with Gasteiger partial charge in [0.05, 0.1) is 0 Å². The summed E-state index contributed by atoms with van der Waals surface area (Å²) in [5.41, 5.74) is 1.95. The molecule has 4 aromatic carbocycles. The number of nitrogens with one attached hydrogen (secondary N) is 2. The van der Waals surface area contributed by atoms with Crippen LogP contribution in [0.1, 0.15) is 36.8 Å². The van der Waals surface area contributed by atoms with Gasteiger partial charge in [0.15, 0.2) is 0 Å². The molecule has 6 rings (SSSR count). The molecule has 0 aliphatic heterocycles. The second-order valence-electron chi connectivity index (χ2n) is 10.1. The second-order valence-corrected chi connectivity index (χ2v) is 10.1. The van der Waals surface area contributed by atoms with Crippen LogP contribution in [0.5, 0.6) is 0 Å². The summed E-state index contributed by atoms with van der Waals surface area (Å²) in [6.45, 7) is 0. The number of carbonyl (C=O) groups is 2. The first-order valence-electron chi connectivity index (χ1n) is 15.2. The van der Waals surface area contributed by atoms with Crippen molar-refractivity contribution in [2.45, 2.75) is 38.5 Å². The van der Waals surface area contributed by atoms with Gasteiger partial charge in [0.1, 0.15) is 0 Å². The second kappa shape index (κ2) is 23.5. The van der Waals surface area contributed by atoms with Crippen molar-refractivity contribution in [2.24, 2.45) is 0 Å². The van der Waals surface area contributed by atoms with Crippen molar-refractivity contribution >= 4 is 23.2 Å². The van der Waals surface area contributed by atoms with Crippen LogP contribution in [0.4, 0.5) is 28.9 Å². The molecule has 0 fully saturated rings. The fourth-order valence-corrected chi connectivity index (χ4v) is 3.99. The SMILES string of the molecule is O=C(CCc1ccccc1)Nc1ccc(F)[c-]c1F.O=C(CCc1ccccc1)Nc1ccc(F)[c-]c1F.[C-]1=CC=CC1.[C-]1=CC=CC1.[Ti+4]. The van der Waals surface area contributed by atoms with Gasteiger partial charge < -0.3 is 10.6 Å². The molecule has 2 N–H and O–H groups in total. The Bertz CT molecular complexity index is 1560. The third kappa shape index (κ3) is 17.3. The topological polar surface area (TPSA) is 58.2 Å². The largest absolute Gasteiger partial charge is 4.00 e. The molecule has 0 aromatic heterocycles. The van der Waals surface area contributed by atoms with Crippen molar-refractivity contribution < 1.29 is 48.9 Å². The number of benzene rings is 4.